The van der Waals surface area contributed by atoms with Crippen LogP contribution < -0.4 is 10.5 Å². The van der Waals surface area contributed by atoms with Crippen molar-refractivity contribution >= 4 is 21.8 Å². The minimum atomic E-state index is -3.86. The Labute approximate surface area is 171 Å². The highest BCUT2D eigenvalue weighted by molar-refractivity contribution is 7.89. The minimum Gasteiger partial charge on any atom is -0.384 e. The number of amidine groups is 1. The summed E-state index contributed by atoms with van der Waals surface area (Å²) in [6.07, 6.45) is 2.02. The summed E-state index contributed by atoms with van der Waals surface area (Å²) >= 11 is 0. The summed E-state index contributed by atoms with van der Waals surface area (Å²) in [6, 6.07) is 12.6. The molecule has 1 saturated heterocycles. The number of nitrogens with one attached hydrogen (secondary N) is 2. The second kappa shape index (κ2) is 8.75. The molecular weight excluding hydrogens is 388 g/mol. The molecule has 7 nitrogen and oxygen atoms in total. The zero-order valence-electron chi connectivity index (χ0n) is 16.4. The number of benzene rings is 2. The SMILES string of the molecule is Cc1ccc(S(=O)(=O)N[C@@H](Cc2cccc(C(=N)N)c2)C(=O)N2CCCC2)cc1. The van der Waals surface area contributed by atoms with Crippen molar-refractivity contribution in [3.8, 4) is 0 Å². The number of hydrogen-bond acceptors (Lipinski definition) is 4. The Hall–Kier alpha value is -2.71. The lowest BCUT2D eigenvalue weighted by Crippen LogP contribution is -2.48. The normalized spacial score (nSPS) is 15.3. The number of rotatable bonds is 7. The van der Waals surface area contributed by atoms with E-state index < -0.39 is 16.1 Å². The molecule has 1 atom stereocenters. The van der Waals surface area contributed by atoms with Gasteiger partial charge in [0.25, 0.3) is 0 Å². The molecule has 0 spiro atoms. The van der Waals surface area contributed by atoms with Crippen molar-refractivity contribution in [2.24, 2.45) is 5.73 Å². The number of sulfonamides is 1. The lowest BCUT2D eigenvalue weighted by atomic mass is 10.0. The Kier molecular flexibility index (Phi) is 6.34. The Morgan fingerprint density at radius 2 is 1.83 bits per heavy atom. The summed E-state index contributed by atoms with van der Waals surface area (Å²) < 4.78 is 28.4. The van der Waals surface area contributed by atoms with Crippen LogP contribution >= 0.6 is 0 Å². The van der Waals surface area contributed by atoms with Gasteiger partial charge in [-0.15, -0.1) is 0 Å². The predicted molar refractivity (Wildman–Crippen MR) is 112 cm³/mol. The summed E-state index contributed by atoms with van der Waals surface area (Å²) in [6.45, 7) is 3.15. The van der Waals surface area contributed by atoms with E-state index in [9.17, 15) is 13.2 Å². The van der Waals surface area contributed by atoms with Crippen molar-refractivity contribution in [2.75, 3.05) is 13.1 Å². The van der Waals surface area contributed by atoms with E-state index in [0.717, 1.165) is 24.0 Å². The van der Waals surface area contributed by atoms with Crippen molar-refractivity contribution in [1.82, 2.24) is 9.62 Å². The number of likely N-dealkylation sites (tertiary alicyclic amines) is 1. The maximum absolute atomic E-state index is 13.1. The molecule has 2 aromatic rings. The van der Waals surface area contributed by atoms with Gasteiger partial charge in [-0.1, -0.05) is 35.9 Å². The van der Waals surface area contributed by atoms with E-state index in [4.69, 9.17) is 11.1 Å². The molecule has 4 N–H and O–H groups in total. The molecule has 0 aliphatic carbocycles. The summed E-state index contributed by atoms with van der Waals surface area (Å²) in [4.78, 5) is 14.9. The van der Waals surface area contributed by atoms with Crippen LogP contribution in [-0.4, -0.2) is 44.2 Å². The average molecular weight is 415 g/mol. The lowest BCUT2D eigenvalue weighted by Gasteiger charge is -2.24. The fourth-order valence-corrected chi connectivity index (χ4v) is 4.60. The molecule has 1 heterocycles. The fourth-order valence-electron chi connectivity index (χ4n) is 3.41. The molecule has 0 radical (unpaired) electrons. The smallest absolute Gasteiger partial charge is 0.241 e. The molecule has 1 fully saturated rings. The molecule has 3 rings (SSSR count). The van der Waals surface area contributed by atoms with E-state index in [1.54, 1.807) is 41.3 Å². The molecule has 1 aliphatic heterocycles. The second-order valence-corrected chi connectivity index (χ2v) is 9.05. The van der Waals surface area contributed by atoms with Crippen LogP contribution in [0, 0.1) is 12.3 Å². The van der Waals surface area contributed by atoms with E-state index in [1.807, 2.05) is 6.92 Å². The van der Waals surface area contributed by atoms with Gasteiger partial charge >= 0.3 is 0 Å². The van der Waals surface area contributed by atoms with Crippen molar-refractivity contribution in [3.63, 3.8) is 0 Å². The third-order valence-electron chi connectivity index (χ3n) is 5.02. The summed E-state index contributed by atoms with van der Waals surface area (Å²) in [5.41, 5.74) is 7.79. The largest absolute Gasteiger partial charge is 0.384 e. The predicted octanol–water partition coefficient (Wildman–Crippen LogP) is 1.79. The van der Waals surface area contributed by atoms with Gasteiger partial charge in [-0.2, -0.15) is 4.72 Å². The Bertz CT molecular complexity index is 997. The Balaban J connectivity index is 1.88. The van der Waals surface area contributed by atoms with Crippen molar-refractivity contribution in [2.45, 2.75) is 37.1 Å². The van der Waals surface area contributed by atoms with Gasteiger partial charge in [-0.25, -0.2) is 8.42 Å². The quantitative estimate of drug-likeness (QED) is 0.473. The van der Waals surface area contributed by atoms with Crippen LogP contribution in [0.15, 0.2) is 53.4 Å². The average Bonchev–Trinajstić information content (AvgIpc) is 3.22. The summed E-state index contributed by atoms with van der Waals surface area (Å²) in [7, 11) is -3.86. The molecule has 2 aromatic carbocycles. The highest BCUT2D eigenvalue weighted by Gasteiger charge is 2.30. The van der Waals surface area contributed by atoms with Gasteiger partial charge in [0.2, 0.25) is 15.9 Å². The third kappa shape index (κ3) is 5.21. The minimum absolute atomic E-state index is 0.0745. The number of nitrogen functional groups attached to an aromatic ring is 1. The number of nitrogens with two attached hydrogens (primary N) is 1. The number of carbonyl (C=O) groups excluding carboxylic acids is 1. The van der Waals surface area contributed by atoms with E-state index in [2.05, 4.69) is 4.72 Å². The van der Waals surface area contributed by atoms with E-state index in [1.165, 1.54) is 12.1 Å². The lowest BCUT2D eigenvalue weighted by molar-refractivity contribution is -0.131. The zero-order valence-corrected chi connectivity index (χ0v) is 17.2. The molecule has 0 unspecified atom stereocenters. The first-order valence-corrected chi connectivity index (χ1v) is 11.1. The first-order valence-electron chi connectivity index (χ1n) is 9.57. The van der Waals surface area contributed by atoms with Gasteiger partial charge in [0.1, 0.15) is 11.9 Å². The van der Waals surface area contributed by atoms with Gasteiger partial charge < -0.3 is 10.6 Å². The molecule has 0 bridgehead atoms. The summed E-state index contributed by atoms with van der Waals surface area (Å²) in [5, 5.41) is 7.60. The number of amides is 1. The standard InChI is InChI=1S/C21H26N4O3S/c1-15-7-9-18(10-8-15)29(27,28)24-19(21(26)25-11-2-3-12-25)14-16-5-4-6-17(13-16)20(22)23/h4-10,13,19,24H,2-3,11-12,14H2,1H3,(H3,22,23)/t19-/m0/s1. The van der Waals surface area contributed by atoms with E-state index in [-0.39, 0.29) is 23.1 Å². The molecule has 29 heavy (non-hydrogen) atoms. The van der Waals surface area contributed by atoms with Crippen molar-refractivity contribution < 1.29 is 13.2 Å². The topological polar surface area (TPSA) is 116 Å². The van der Waals surface area contributed by atoms with Gasteiger partial charge in [-0.3, -0.25) is 10.2 Å². The number of carbonyl (C=O) groups is 1. The van der Waals surface area contributed by atoms with Gasteiger partial charge in [0, 0.05) is 18.7 Å². The first kappa shape index (κ1) is 21.0. The van der Waals surface area contributed by atoms with Crippen molar-refractivity contribution in [1.29, 1.82) is 5.41 Å². The van der Waals surface area contributed by atoms with E-state index >= 15 is 0 Å². The molecule has 0 saturated carbocycles. The number of hydrogen-bond donors (Lipinski definition) is 3. The molecule has 154 valence electrons. The first-order chi connectivity index (χ1) is 13.8. The van der Waals surface area contributed by atoms with Crippen LogP contribution in [0.2, 0.25) is 0 Å². The molecule has 1 amide bonds. The number of nitrogens with zero attached hydrogens (tertiary/aromatic N) is 1. The second-order valence-electron chi connectivity index (χ2n) is 7.34. The highest BCUT2D eigenvalue weighted by Crippen LogP contribution is 2.16. The van der Waals surface area contributed by atoms with E-state index in [0.29, 0.717) is 18.7 Å². The van der Waals surface area contributed by atoms with Gasteiger partial charge in [-0.05, 0) is 49.9 Å². The Morgan fingerprint density at radius 3 is 2.45 bits per heavy atom. The highest BCUT2D eigenvalue weighted by atomic mass is 32.2. The monoisotopic (exact) mass is 414 g/mol. The summed E-state index contributed by atoms with van der Waals surface area (Å²) in [5.74, 6) is -0.305. The fraction of sp³-hybridized carbons (Fsp3) is 0.333. The van der Waals surface area contributed by atoms with Crippen LogP contribution in [0.4, 0.5) is 0 Å². The van der Waals surface area contributed by atoms with Crippen molar-refractivity contribution in [3.05, 3.63) is 65.2 Å². The van der Waals surface area contributed by atoms with Crippen LogP contribution in [0.3, 0.4) is 0 Å². The molecule has 1 aliphatic rings. The molecular formula is C21H26N4O3S. The van der Waals surface area contributed by atoms with Crippen LogP contribution in [-0.2, 0) is 21.2 Å². The van der Waals surface area contributed by atoms with Crippen LogP contribution in [0.1, 0.15) is 29.5 Å². The molecule has 0 aromatic heterocycles. The maximum atomic E-state index is 13.1. The third-order valence-corrected chi connectivity index (χ3v) is 6.51. The maximum Gasteiger partial charge on any atom is 0.241 e. The van der Waals surface area contributed by atoms with Crippen LogP contribution in [0.25, 0.3) is 0 Å². The van der Waals surface area contributed by atoms with Crippen LogP contribution in [0.5, 0.6) is 0 Å². The zero-order chi connectivity index (χ0) is 21.0. The molecule has 8 heteroatoms. The van der Waals surface area contributed by atoms with Gasteiger partial charge in [0.05, 0.1) is 4.90 Å². The van der Waals surface area contributed by atoms with Gasteiger partial charge in [0.15, 0.2) is 0 Å². The number of aryl methyl sites for hydroxylation is 1. The Morgan fingerprint density at radius 1 is 1.17 bits per heavy atom.